The van der Waals surface area contributed by atoms with Crippen LogP contribution in [0, 0.1) is 5.92 Å². The quantitative estimate of drug-likeness (QED) is 0.704. The molecule has 1 rings (SSSR count). The van der Waals surface area contributed by atoms with Gasteiger partial charge in [-0.1, -0.05) is 19.3 Å². The lowest BCUT2D eigenvalue weighted by atomic mass is 9.83. The lowest BCUT2D eigenvalue weighted by Gasteiger charge is -2.33. The van der Waals surface area contributed by atoms with Crippen LogP contribution in [0.25, 0.3) is 0 Å². The van der Waals surface area contributed by atoms with E-state index in [9.17, 15) is 9.59 Å². The van der Waals surface area contributed by atoms with Gasteiger partial charge in [-0.05, 0) is 25.7 Å². The Labute approximate surface area is 90.3 Å². The summed E-state index contributed by atoms with van der Waals surface area (Å²) in [4.78, 5) is 23.3. The van der Waals surface area contributed by atoms with E-state index in [2.05, 4.69) is 0 Å². The zero-order valence-corrected chi connectivity index (χ0v) is 9.19. The van der Waals surface area contributed by atoms with Gasteiger partial charge in [-0.25, -0.2) is 4.79 Å². The fourth-order valence-electron chi connectivity index (χ4n) is 2.40. The minimum Gasteiger partial charge on any atom is -0.480 e. The van der Waals surface area contributed by atoms with Gasteiger partial charge in [-0.3, -0.25) is 4.79 Å². The van der Waals surface area contributed by atoms with Crippen LogP contribution in [0.15, 0.2) is 0 Å². The molecular weight excluding hydrogens is 194 g/mol. The number of carboxylic acid groups (broad SMARTS) is 1. The van der Waals surface area contributed by atoms with Crippen molar-refractivity contribution >= 4 is 12.4 Å². The summed E-state index contributed by atoms with van der Waals surface area (Å²) in [5.41, 5.74) is 0. The monoisotopic (exact) mass is 213 g/mol. The number of hydrogen-bond acceptors (Lipinski definition) is 2. The van der Waals surface area contributed by atoms with E-state index in [0.29, 0.717) is 13.0 Å². The van der Waals surface area contributed by atoms with Gasteiger partial charge >= 0.3 is 5.97 Å². The Morgan fingerprint density at radius 2 is 2.07 bits per heavy atom. The first kappa shape index (κ1) is 12.0. The highest BCUT2D eigenvalue weighted by atomic mass is 16.4. The highest BCUT2D eigenvalue weighted by molar-refractivity contribution is 5.76. The maximum atomic E-state index is 11.2. The molecule has 0 heterocycles. The maximum Gasteiger partial charge on any atom is 0.326 e. The van der Waals surface area contributed by atoms with Crippen molar-refractivity contribution < 1.29 is 14.7 Å². The third-order valence-corrected chi connectivity index (χ3v) is 3.21. The van der Waals surface area contributed by atoms with Gasteiger partial charge < -0.3 is 10.0 Å². The zero-order valence-electron chi connectivity index (χ0n) is 9.19. The first-order chi connectivity index (χ1) is 7.20. The summed E-state index contributed by atoms with van der Waals surface area (Å²) in [6.07, 6.45) is 5.89. The second kappa shape index (κ2) is 5.73. The molecule has 0 aromatic carbocycles. The Balaban J connectivity index is 2.70. The molecule has 0 bridgehead atoms. The molecule has 0 radical (unpaired) electrons. The van der Waals surface area contributed by atoms with E-state index in [1.165, 1.54) is 11.3 Å². The number of nitrogens with zero attached hydrogens (tertiary/aromatic N) is 1. The molecule has 1 unspecified atom stereocenters. The molecule has 0 spiro atoms. The predicted octanol–water partition coefficient (Wildman–Crippen LogP) is 1.50. The van der Waals surface area contributed by atoms with Crippen LogP contribution in [0.1, 0.15) is 39.0 Å². The van der Waals surface area contributed by atoms with Crippen molar-refractivity contribution in [3.05, 3.63) is 0 Å². The van der Waals surface area contributed by atoms with E-state index < -0.39 is 12.0 Å². The average Bonchev–Trinajstić information content (AvgIpc) is 2.26. The molecule has 1 amide bonds. The van der Waals surface area contributed by atoms with Crippen molar-refractivity contribution in [2.24, 2.45) is 5.92 Å². The molecular formula is C11H19NO3. The van der Waals surface area contributed by atoms with Gasteiger partial charge in [0.2, 0.25) is 6.41 Å². The molecule has 4 nitrogen and oxygen atoms in total. The van der Waals surface area contributed by atoms with Gasteiger partial charge in [-0.15, -0.1) is 0 Å². The molecule has 1 atom stereocenters. The van der Waals surface area contributed by atoms with Gasteiger partial charge in [0.25, 0.3) is 0 Å². The molecule has 1 saturated carbocycles. The van der Waals surface area contributed by atoms with E-state index in [4.69, 9.17) is 5.11 Å². The van der Waals surface area contributed by atoms with E-state index >= 15 is 0 Å². The maximum absolute atomic E-state index is 11.2. The largest absolute Gasteiger partial charge is 0.480 e. The first-order valence-corrected chi connectivity index (χ1v) is 5.64. The highest BCUT2D eigenvalue weighted by Gasteiger charge is 2.33. The molecule has 0 aromatic rings. The van der Waals surface area contributed by atoms with Crippen molar-refractivity contribution in [1.29, 1.82) is 0 Å². The molecule has 1 aliphatic carbocycles. The van der Waals surface area contributed by atoms with Crippen LogP contribution < -0.4 is 0 Å². The Morgan fingerprint density at radius 1 is 1.47 bits per heavy atom. The minimum absolute atomic E-state index is 0.140. The van der Waals surface area contributed by atoms with E-state index in [1.807, 2.05) is 6.92 Å². The van der Waals surface area contributed by atoms with Crippen LogP contribution >= 0.6 is 0 Å². The van der Waals surface area contributed by atoms with E-state index in [0.717, 1.165) is 25.7 Å². The summed E-state index contributed by atoms with van der Waals surface area (Å²) >= 11 is 0. The van der Waals surface area contributed by atoms with Gasteiger partial charge in [0.15, 0.2) is 0 Å². The lowest BCUT2D eigenvalue weighted by Crippen LogP contribution is -2.46. The van der Waals surface area contributed by atoms with Gasteiger partial charge in [0.1, 0.15) is 6.04 Å². The summed E-state index contributed by atoms with van der Waals surface area (Å²) < 4.78 is 0. The number of amides is 1. The van der Waals surface area contributed by atoms with Crippen LogP contribution in [-0.4, -0.2) is 35.0 Å². The molecule has 4 heteroatoms. The average molecular weight is 213 g/mol. The Hall–Kier alpha value is -1.06. The molecule has 15 heavy (non-hydrogen) atoms. The number of rotatable bonds is 5. The second-order valence-corrected chi connectivity index (χ2v) is 4.12. The van der Waals surface area contributed by atoms with Crippen molar-refractivity contribution in [2.45, 2.75) is 45.1 Å². The second-order valence-electron chi connectivity index (χ2n) is 4.12. The van der Waals surface area contributed by atoms with Crippen LogP contribution in [-0.2, 0) is 9.59 Å². The fraction of sp³-hybridized carbons (Fsp3) is 0.818. The number of carboxylic acids is 1. The summed E-state index contributed by atoms with van der Waals surface area (Å²) in [5.74, 6) is -0.725. The normalized spacial score (nSPS) is 19.5. The lowest BCUT2D eigenvalue weighted by molar-refractivity contribution is -0.149. The molecule has 1 aliphatic rings. The Kier molecular flexibility index (Phi) is 4.59. The van der Waals surface area contributed by atoms with Crippen LogP contribution in [0.2, 0.25) is 0 Å². The van der Waals surface area contributed by atoms with Crippen LogP contribution in [0.3, 0.4) is 0 Å². The Morgan fingerprint density at radius 3 is 2.47 bits per heavy atom. The van der Waals surface area contributed by atoms with Crippen molar-refractivity contribution in [3.63, 3.8) is 0 Å². The molecule has 0 aliphatic heterocycles. The fourth-order valence-corrected chi connectivity index (χ4v) is 2.40. The SMILES string of the molecule is CCN(C=O)C(C(=O)O)C1CCCCC1. The van der Waals surface area contributed by atoms with Gasteiger partial charge in [-0.2, -0.15) is 0 Å². The zero-order chi connectivity index (χ0) is 11.3. The molecule has 1 N–H and O–H groups in total. The van der Waals surface area contributed by atoms with Gasteiger partial charge in [0, 0.05) is 6.54 Å². The first-order valence-electron chi connectivity index (χ1n) is 5.64. The number of hydrogen-bond donors (Lipinski definition) is 1. The number of aliphatic carboxylic acids is 1. The number of carbonyl (C=O) groups is 2. The summed E-state index contributed by atoms with van der Waals surface area (Å²) in [7, 11) is 0. The standard InChI is InChI=1S/C11H19NO3/c1-2-12(8-13)10(11(14)15)9-6-4-3-5-7-9/h8-10H,2-7H2,1H3,(H,14,15). The molecule has 1 fully saturated rings. The van der Waals surface area contributed by atoms with Crippen molar-refractivity contribution in [2.75, 3.05) is 6.54 Å². The summed E-state index contributed by atoms with van der Waals surface area (Å²) in [5, 5.41) is 9.16. The Bertz CT molecular complexity index is 224. The van der Waals surface area contributed by atoms with Crippen LogP contribution in [0.4, 0.5) is 0 Å². The number of carbonyl (C=O) groups excluding carboxylic acids is 1. The van der Waals surface area contributed by atoms with Crippen molar-refractivity contribution in [1.82, 2.24) is 4.90 Å². The molecule has 0 saturated heterocycles. The van der Waals surface area contributed by atoms with E-state index in [-0.39, 0.29) is 5.92 Å². The van der Waals surface area contributed by atoms with E-state index in [1.54, 1.807) is 0 Å². The third kappa shape index (κ3) is 2.94. The topological polar surface area (TPSA) is 57.6 Å². The molecule has 0 aromatic heterocycles. The van der Waals surface area contributed by atoms with Crippen molar-refractivity contribution in [3.8, 4) is 0 Å². The van der Waals surface area contributed by atoms with Crippen LogP contribution in [0.5, 0.6) is 0 Å². The summed E-state index contributed by atoms with van der Waals surface area (Å²) in [6, 6.07) is -0.618. The van der Waals surface area contributed by atoms with Gasteiger partial charge in [0.05, 0.1) is 0 Å². The minimum atomic E-state index is -0.865. The highest BCUT2D eigenvalue weighted by Crippen LogP contribution is 2.28. The predicted molar refractivity (Wildman–Crippen MR) is 56.4 cm³/mol. The summed E-state index contributed by atoms with van der Waals surface area (Å²) in [6.45, 7) is 2.28. The molecule has 86 valence electrons. The smallest absolute Gasteiger partial charge is 0.326 e. The third-order valence-electron chi connectivity index (χ3n) is 3.21. The number of likely N-dealkylation sites (N-methyl/N-ethyl adjacent to an activating group) is 1.